The second-order valence-electron chi connectivity index (χ2n) is 5.82. The average Bonchev–Trinajstić information content (AvgIpc) is 2.65. The molecule has 0 bridgehead atoms. The van der Waals surface area contributed by atoms with Gasteiger partial charge in [-0.25, -0.2) is 4.98 Å². The maximum absolute atomic E-state index is 12.4. The number of nitro benzene ring substituents is 1. The monoisotopic (exact) mass is 411 g/mol. The van der Waals surface area contributed by atoms with Gasteiger partial charge >= 0.3 is 0 Å². The van der Waals surface area contributed by atoms with Crippen LogP contribution in [-0.2, 0) is 4.74 Å². The van der Waals surface area contributed by atoms with Crippen molar-refractivity contribution in [2.45, 2.75) is 18.9 Å². The molecule has 142 valence electrons. The topological polar surface area (TPSA) is 104 Å². The molecule has 2 heterocycles. The van der Waals surface area contributed by atoms with Crippen molar-refractivity contribution < 1.29 is 19.2 Å². The lowest BCUT2D eigenvalue weighted by atomic mass is 10.1. The number of rotatable bonds is 5. The third kappa shape index (κ3) is 4.85. The van der Waals surface area contributed by atoms with Crippen LogP contribution in [0.2, 0.25) is 10.0 Å². The van der Waals surface area contributed by atoms with Crippen LogP contribution < -0.4 is 10.1 Å². The zero-order valence-corrected chi connectivity index (χ0v) is 15.5. The van der Waals surface area contributed by atoms with Gasteiger partial charge in [0.15, 0.2) is 0 Å². The number of halogens is 2. The Balaban J connectivity index is 1.71. The van der Waals surface area contributed by atoms with E-state index in [1.165, 1.54) is 30.5 Å². The van der Waals surface area contributed by atoms with Gasteiger partial charge in [-0.15, -0.1) is 0 Å². The maximum Gasteiger partial charge on any atom is 0.289 e. The van der Waals surface area contributed by atoms with Gasteiger partial charge in [0.2, 0.25) is 5.88 Å². The van der Waals surface area contributed by atoms with Gasteiger partial charge in [0.05, 0.1) is 23.7 Å². The highest BCUT2D eigenvalue weighted by atomic mass is 35.5. The lowest BCUT2D eigenvalue weighted by Crippen LogP contribution is -2.26. The van der Waals surface area contributed by atoms with Gasteiger partial charge in [-0.3, -0.25) is 14.9 Å². The molecule has 1 N–H and O–H groups in total. The number of nitrogens with zero attached hydrogens (tertiary/aromatic N) is 2. The number of nitro groups is 1. The van der Waals surface area contributed by atoms with E-state index in [-0.39, 0.29) is 39.0 Å². The largest absolute Gasteiger partial charge is 0.473 e. The first-order chi connectivity index (χ1) is 12.9. The van der Waals surface area contributed by atoms with Gasteiger partial charge in [-0.05, 0) is 18.2 Å². The molecular weight excluding hydrogens is 397 g/mol. The Morgan fingerprint density at radius 1 is 1.26 bits per heavy atom. The van der Waals surface area contributed by atoms with Gasteiger partial charge in [0.25, 0.3) is 11.6 Å². The maximum atomic E-state index is 12.4. The molecule has 1 fully saturated rings. The fraction of sp³-hybridized carbons (Fsp3) is 0.294. The van der Waals surface area contributed by atoms with E-state index in [1.54, 1.807) is 0 Å². The molecule has 0 saturated carbocycles. The van der Waals surface area contributed by atoms with Crippen LogP contribution in [-0.4, -0.2) is 35.1 Å². The molecule has 1 aromatic heterocycles. The fourth-order valence-electron chi connectivity index (χ4n) is 2.52. The number of pyridine rings is 1. The van der Waals surface area contributed by atoms with E-state index < -0.39 is 10.8 Å². The SMILES string of the molecule is O=C(Nc1ccc(Cl)c([N+](=O)[O-])c1)c1cnc(OC2CCOCC2)c(Cl)c1. The highest BCUT2D eigenvalue weighted by Crippen LogP contribution is 2.29. The molecule has 3 rings (SSSR count). The van der Waals surface area contributed by atoms with Crippen molar-refractivity contribution in [3.63, 3.8) is 0 Å². The number of carbonyl (C=O) groups excluding carboxylic acids is 1. The van der Waals surface area contributed by atoms with E-state index in [0.29, 0.717) is 13.2 Å². The Bertz CT molecular complexity index is 872. The molecule has 2 aromatic rings. The lowest BCUT2D eigenvalue weighted by Gasteiger charge is -2.23. The van der Waals surface area contributed by atoms with E-state index in [2.05, 4.69) is 10.3 Å². The molecule has 27 heavy (non-hydrogen) atoms. The Morgan fingerprint density at radius 3 is 2.67 bits per heavy atom. The van der Waals surface area contributed by atoms with E-state index in [9.17, 15) is 14.9 Å². The molecule has 0 aliphatic carbocycles. The van der Waals surface area contributed by atoms with E-state index in [4.69, 9.17) is 32.7 Å². The Hall–Kier alpha value is -2.42. The number of amides is 1. The number of hydrogen-bond donors (Lipinski definition) is 1. The number of benzene rings is 1. The number of hydrogen-bond acceptors (Lipinski definition) is 6. The first kappa shape index (κ1) is 19.3. The number of ether oxygens (including phenoxy) is 2. The van der Waals surface area contributed by atoms with Crippen molar-refractivity contribution in [3.8, 4) is 5.88 Å². The summed E-state index contributed by atoms with van der Waals surface area (Å²) in [6.45, 7) is 1.24. The zero-order chi connectivity index (χ0) is 19.4. The minimum Gasteiger partial charge on any atom is -0.473 e. The van der Waals surface area contributed by atoms with Crippen LogP contribution in [0.4, 0.5) is 11.4 Å². The van der Waals surface area contributed by atoms with Crippen LogP contribution in [0.15, 0.2) is 30.5 Å². The molecule has 8 nitrogen and oxygen atoms in total. The van der Waals surface area contributed by atoms with Crippen molar-refractivity contribution >= 4 is 40.5 Å². The molecule has 0 unspecified atom stereocenters. The minimum atomic E-state index is -0.626. The van der Waals surface area contributed by atoms with Gasteiger partial charge < -0.3 is 14.8 Å². The van der Waals surface area contributed by atoms with Gasteiger partial charge in [-0.1, -0.05) is 23.2 Å². The third-order valence-corrected chi connectivity index (χ3v) is 4.51. The smallest absolute Gasteiger partial charge is 0.289 e. The molecule has 0 atom stereocenters. The van der Waals surface area contributed by atoms with Crippen molar-refractivity contribution in [3.05, 3.63) is 56.2 Å². The molecule has 1 aromatic carbocycles. The number of nitrogens with one attached hydrogen (secondary N) is 1. The van der Waals surface area contributed by atoms with E-state index in [1.807, 2.05) is 0 Å². The molecule has 0 spiro atoms. The first-order valence-electron chi connectivity index (χ1n) is 8.09. The lowest BCUT2D eigenvalue weighted by molar-refractivity contribution is -0.384. The van der Waals surface area contributed by atoms with Crippen LogP contribution in [0.25, 0.3) is 0 Å². The highest BCUT2D eigenvalue weighted by Gasteiger charge is 2.19. The van der Waals surface area contributed by atoms with Crippen LogP contribution >= 0.6 is 23.2 Å². The van der Waals surface area contributed by atoms with Gasteiger partial charge in [0.1, 0.15) is 16.1 Å². The molecule has 1 saturated heterocycles. The summed E-state index contributed by atoms with van der Waals surface area (Å²) in [6, 6.07) is 5.41. The highest BCUT2D eigenvalue weighted by molar-refractivity contribution is 6.33. The quantitative estimate of drug-likeness (QED) is 0.586. The predicted octanol–water partition coefficient (Wildman–Crippen LogP) is 4.11. The summed E-state index contributed by atoms with van der Waals surface area (Å²) in [5, 5.41) is 13.7. The summed E-state index contributed by atoms with van der Waals surface area (Å²) in [7, 11) is 0. The van der Waals surface area contributed by atoms with Crippen molar-refractivity contribution in [2.24, 2.45) is 0 Å². The Morgan fingerprint density at radius 2 is 2.00 bits per heavy atom. The van der Waals surface area contributed by atoms with Crippen LogP contribution in [0.1, 0.15) is 23.2 Å². The fourth-order valence-corrected chi connectivity index (χ4v) is 2.92. The van der Waals surface area contributed by atoms with Crippen molar-refractivity contribution in [2.75, 3.05) is 18.5 Å². The normalized spacial score (nSPS) is 14.6. The summed E-state index contributed by atoms with van der Waals surface area (Å²) >= 11 is 11.9. The van der Waals surface area contributed by atoms with Crippen molar-refractivity contribution in [1.29, 1.82) is 0 Å². The van der Waals surface area contributed by atoms with Crippen LogP contribution in [0.5, 0.6) is 5.88 Å². The summed E-state index contributed by atoms with van der Waals surface area (Å²) < 4.78 is 11.0. The molecular formula is C17H15Cl2N3O5. The standard InChI is InChI=1S/C17H15Cl2N3O5/c18-13-2-1-11(8-15(13)22(24)25)21-16(23)10-7-14(19)17(20-9-10)27-12-3-5-26-6-4-12/h1-2,7-9,12H,3-6H2,(H,21,23). The predicted molar refractivity (Wildman–Crippen MR) is 99.8 cm³/mol. The first-order valence-corrected chi connectivity index (χ1v) is 8.85. The summed E-state index contributed by atoms with van der Waals surface area (Å²) in [6.07, 6.45) is 2.80. The molecule has 1 aliphatic heterocycles. The summed E-state index contributed by atoms with van der Waals surface area (Å²) in [4.78, 5) is 26.8. The Kier molecular flexibility index (Phi) is 6.10. The van der Waals surface area contributed by atoms with Crippen LogP contribution in [0.3, 0.4) is 0 Å². The van der Waals surface area contributed by atoms with E-state index in [0.717, 1.165) is 12.8 Å². The van der Waals surface area contributed by atoms with Crippen molar-refractivity contribution in [1.82, 2.24) is 4.98 Å². The minimum absolute atomic E-state index is 0.0164. The summed E-state index contributed by atoms with van der Waals surface area (Å²) in [5.74, 6) is -0.263. The Labute approximate surface area is 164 Å². The van der Waals surface area contributed by atoms with Gasteiger partial charge in [0, 0.05) is 30.8 Å². The third-order valence-electron chi connectivity index (χ3n) is 3.92. The van der Waals surface area contributed by atoms with E-state index >= 15 is 0 Å². The number of aromatic nitrogens is 1. The number of carbonyl (C=O) groups is 1. The number of anilines is 1. The van der Waals surface area contributed by atoms with Gasteiger partial charge in [-0.2, -0.15) is 0 Å². The molecule has 10 heteroatoms. The van der Waals surface area contributed by atoms with Crippen LogP contribution in [0, 0.1) is 10.1 Å². The molecule has 0 radical (unpaired) electrons. The average molecular weight is 412 g/mol. The second kappa shape index (κ2) is 8.51. The molecule has 1 amide bonds. The molecule has 1 aliphatic rings. The zero-order valence-electron chi connectivity index (χ0n) is 14.0. The summed E-state index contributed by atoms with van der Waals surface area (Å²) in [5.41, 5.74) is 0.123. The second-order valence-corrected chi connectivity index (χ2v) is 6.63.